The molecule has 0 bridgehead atoms. The topological polar surface area (TPSA) is 59.4 Å². The van der Waals surface area contributed by atoms with Crippen molar-refractivity contribution in [1.82, 2.24) is 4.98 Å². The molecule has 1 N–H and O–H groups in total. The van der Waals surface area contributed by atoms with Crippen molar-refractivity contribution in [3.63, 3.8) is 0 Å². The number of ether oxygens (including phenoxy) is 1. The van der Waals surface area contributed by atoms with Crippen molar-refractivity contribution in [3.8, 4) is 5.75 Å². The van der Waals surface area contributed by atoms with Crippen LogP contribution in [-0.2, 0) is 4.79 Å². The van der Waals surface area contributed by atoms with E-state index in [0.717, 1.165) is 5.69 Å². The first-order chi connectivity index (χ1) is 7.08. The highest BCUT2D eigenvalue weighted by molar-refractivity contribution is 5.66. The molecule has 0 fully saturated rings. The Morgan fingerprint density at radius 2 is 2.33 bits per heavy atom. The number of aliphatic carboxylic acids is 1. The first-order valence-electron chi connectivity index (χ1n) is 4.89. The van der Waals surface area contributed by atoms with Gasteiger partial charge in [-0.15, -0.1) is 0 Å². The van der Waals surface area contributed by atoms with Crippen LogP contribution in [0.2, 0.25) is 0 Å². The van der Waals surface area contributed by atoms with Gasteiger partial charge in [0.2, 0.25) is 0 Å². The van der Waals surface area contributed by atoms with Gasteiger partial charge >= 0.3 is 5.97 Å². The smallest absolute Gasteiger partial charge is 0.303 e. The van der Waals surface area contributed by atoms with Crippen LogP contribution >= 0.6 is 0 Å². The van der Waals surface area contributed by atoms with Crippen LogP contribution in [0.15, 0.2) is 18.3 Å². The summed E-state index contributed by atoms with van der Waals surface area (Å²) < 4.78 is 5.49. The lowest BCUT2D eigenvalue weighted by Crippen LogP contribution is -2.13. The normalized spacial score (nSPS) is 12.1. The van der Waals surface area contributed by atoms with Crippen molar-refractivity contribution in [2.75, 3.05) is 0 Å². The minimum atomic E-state index is -0.799. The van der Waals surface area contributed by atoms with Gasteiger partial charge in [0.15, 0.2) is 0 Å². The van der Waals surface area contributed by atoms with E-state index in [4.69, 9.17) is 9.84 Å². The molecule has 82 valence electrons. The molecule has 0 radical (unpaired) electrons. The summed E-state index contributed by atoms with van der Waals surface area (Å²) in [4.78, 5) is 14.4. The molecular formula is C11H15NO3. The molecule has 0 aliphatic heterocycles. The number of rotatable bonds is 5. The summed E-state index contributed by atoms with van der Waals surface area (Å²) in [6, 6.07) is 3.69. The van der Waals surface area contributed by atoms with E-state index in [9.17, 15) is 4.79 Å². The monoisotopic (exact) mass is 209 g/mol. The lowest BCUT2D eigenvalue weighted by atomic mass is 10.2. The van der Waals surface area contributed by atoms with Crippen LogP contribution in [0.3, 0.4) is 0 Å². The Morgan fingerprint density at radius 3 is 2.87 bits per heavy atom. The Balaban J connectivity index is 2.40. The highest BCUT2D eigenvalue weighted by atomic mass is 16.5. The molecule has 0 aliphatic rings. The average molecular weight is 209 g/mol. The molecule has 0 amide bonds. The Labute approximate surface area is 88.9 Å². The molecule has 0 saturated carbocycles. The summed E-state index contributed by atoms with van der Waals surface area (Å²) in [6.45, 7) is 3.75. The fraction of sp³-hybridized carbons (Fsp3) is 0.455. The van der Waals surface area contributed by atoms with Crippen LogP contribution in [0.5, 0.6) is 5.75 Å². The molecule has 1 unspecified atom stereocenters. The molecule has 4 nitrogen and oxygen atoms in total. The maximum atomic E-state index is 10.3. The van der Waals surface area contributed by atoms with Gasteiger partial charge in [0.05, 0.1) is 12.3 Å². The summed E-state index contributed by atoms with van der Waals surface area (Å²) in [5.74, 6) is -0.119. The van der Waals surface area contributed by atoms with Gasteiger partial charge in [-0.3, -0.25) is 9.78 Å². The summed E-state index contributed by atoms with van der Waals surface area (Å²) in [6.07, 6.45) is 2.17. The van der Waals surface area contributed by atoms with Gasteiger partial charge in [0.25, 0.3) is 0 Å². The van der Waals surface area contributed by atoms with Crippen LogP contribution in [0.1, 0.15) is 25.5 Å². The lowest BCUT2D eigenvalue weighted by molar-refractivity contribution is -0.137. The van der Waals surface area contributed by atoms with Gasteiger partial charge in [0.1, 0.15) is 5.75 Å². The number of carbonyl (C=O) groups is 1. The number of carboxylic acid groups (broad SMARTS) is 1. The van der Waals surface area contributed by atoms with E-state index in [1.54, 1.807) is 6.20 Å². The van der Waals surface area contributed by atoms with Crippen molar-refractivity contribution >= 4 is 5.97 Å². The van der Waals surface area contributed by atoms with Gasteiger partial charge in [-0.2, -0.15) is 0 Å². The summed E-state index contributed by atoms with van der Waals surface area (Å²) in [5, 5.41) is 8.50. The molecule has 15 heavy (non-hydrogen) atoms. The van der Waals surface area contributed by atoms with Crippen molar-refractivity contribution in [2.45, 2.75) is 32.8 Å². The summed E-state index contributed by atoms with van der Waals surface area (Å²) >= 11 is 0. The van der Waals surface area contributed by atoms with Gasteiger partial charge < -0.3 is 9.84 Å². The number of aryl methyl sites for hydroxylation is 1. The molecule has 0 aromatic carbocycles. The van der Waals surface area contributed by atoms with Crippen molar-refractivity contribution < 1.29 is 14.6 Å². The second-order valence-corrected chi connectivity index (χ2v) is 3.50. The molecule has 0 aliphatic carbocycles. The molecule has 4 heteroatoms. The van der Waals surface area contributed by atoms with Gasteiger partial charge in [-0.1, -0.05) is 0 Å². The van der Waals surface area contributed by atoms with E-state index in [1.165, 1.54) is 0 Å². The summed E-state index contributed by atoms with van der Waals surface area (Å²) in [7, 11) is 0. The Morgan fingerprint density at radius 1 is 1.60 bits per heavy atom. The zero-order valence-electron chi connectivity index (χ0n) is 8.93. The van der Waals surface area contributed by atoms with E-state index >= 15 is 0 Å². The Kier molecular flexibility index (Phi) is 4.09. The lowest BCUT2D eigenvalue weighted by Gasteiger charge is -2.13. The third-order valence-electron chi connectivity index (χ3n) is 1.99. The minimum Gasteiger partial charge on any atom is -0.489 e. The number of aromatic nitrogens is 1. The van der Waals surface area contributed by atoms with E-state index in [1.807, 2.05) is 26.0 Å². The molecule has 1 aromatic heterocycles. The van der Waals surface area contributed by atoms with Gasteiger partial charge in [0, 0.05) is 12.1 Å². The molecule has 1 atom stereocenters. The number of hydrogen-bond acceptors (Lipinski definition) is 3. The van der Waals surface area contributed by atoms with Gasteiger partial charge in [-0.05, 0) is 32.4 Å². The molecule has 1 heterocycles. The van der Waals surface area contributed by atoms with Crippen LogP contribution in [0.25, 0.3) is 0 Å². The highest BCUT2D eigenvalue weighted by Gasteiger charge is 2.06. The van der Waals surface area contributed by atoms with Crippen molar-refractivity contribution in [2.24, 2.45) is 0 Å². The number of nitrogens with zero attached hydrogens (tertiary/aromatic N) is 1. The first kappa shape index (κ1) is 11.5. The molecule has 1 aromatic rings. The second-order valence-electron chi connectivity index (χ2n) is 3.50. The fourth-order valence-electron chi connectivity index (χ4n) is 1.14. The predicted octanol–water partition coefficient (Wildman–Crippen LogP) is 2.02. The van der Waals surface area contributed by atoms with Crippen LogP contribution < -0.4 is 4.74 Å². The van der Waals surface area contributed by atoms with E-state index in [-0.39, 0.29) is 12.5 Å². The fourth-order valence-corrected chi connectivity index (χ4v) is 1.14. The van der Waals surface area contributed by atoms with Crippen LogP contribution in [0, 0.1) is 6.92 Å². The zero-order chi connectivity index (χ0) is 11.3. The second kappa shape index (κ2) is 5.34. The molecule has 1 rings (SSSR count). The van der Waals surface area contributed by atoms with E-state index in [2.05, 4.69) is 4.98 Å². The van der Waals surface area contributed by atoms with E-state index in [0.29, 0.717) is 12.2 Å². The maximum Gasteiger partial charge on any atom is 0.303 e. The quantitative estimate of drug-likeness (QED) is 0.806. The zero-order valence-corrected chi connectivity index (χ0v) is 8.93. The average Bonchev–Trinajstić information content (AvgIpc) is 2.19. The molecule has 0 spiro atoms. The Bertz CT molecular complexity index is 321. The number of hydrogen-bond donors (Lipinski definition) is 1. The van der Waals surface area contributed by atoms with Gasteiger partial charge in [-0.25, -0.2) is 0 Å². The van der Waals surface area contributed by atoms with Crippen molar-refractivity contribution in [3.05, 3.63) is 24.0 Å². The van der Waals surface area contributed by atoms with Crippen LogP contribution in [0.4, 0.5) is 0 Å². The number of pyridine rings is 1. The maximum absolute atomic E-state index is 10.3. The highest BCUT2D eigenvalue weighted by Crippen LogP contribution is 2.12. The first-order valence-corrected chi connectivity index (χ1v) is 4.89. The number of carboxylic acids is 1. The summed E-state index contributed by atoms with van der Waals surface area (Å²) in [5.41, 5.74) is 0.931. The SMILES string of the molecule is Cc1ccc(OC(C)CCC(=O)O)cn1. The standard InChI is InChI=1S/C11H15NO3/c1-8-3-5-10(7-12-8)15-9(2)4-6-11(13)14/h3,5,7,9H,4,6H2,1-2H3,(H,13,14). The third-order valence-corrected chi connectivity index (χ3v) is 1.99. The molecule has 0 saturated heterocycles. The largest absolute Gasteiger partial charge is 0.489 e. The third kappa shape index (κ3) is 4.44. The minimum absolute atomic E-state index is 0.106. The van der Waals surface area contributed by atoms with Crippen molar-refractivity contribution in [1.29, 1.82) is 0 Å². The Hall–Kier alpha value is -1.58. The molecular weight excluding hydrogens is 194 g/mol. The predicted molar refractivity (Wildman–Crippen MR) is 55.9 cm³/mol. The van der Waals surface area contributed by atoms with Crippen LogP contribution in [-0.4, -0.2) is 22.2 Å². The van der Waals surface area contributed by atoms with E-state index < -0.39 is 5.97 Å².